The van der Waals surface area contributed by atoms with E-state index in [4.69, 9.17) is 0 Å². The summed E-state index contributed by atoms with van der Waals surface area (Å²) in [4.78, 5) is 6.55. The van der Waals surface area contributed by atoms with E-state index >= 15 is 0 Å². The van der Waals surface area contributed by atoms with E-state index in [0.29, 0.717) is 0 Å². The lowest BCUT2D eigenvalue weighted by molar-refractivity contribution is 0.430. The van der Waals surface area contributed by atoms with Crippen molar-refractivity contribution in [1.82, 2.24) is 14.9 Å². The molecule has 0 unspecified atom stereocenters. The van der Waals surface area contributed by atoms with Crippen molar-refractivity contribution in [3.8, 4) is 0 Å². The number of likely N-dealkylation sites (N-methyl/N-ethyl adjacent to an activating group) is 1. The highest BCUT2D eigenvalue weighted by Crippen LogP contribution is 2.08. The molecule has 1 aromatic rings. The second-order valence-corrected chi connectivity index (χ2v) is 5.11. The zero-order chi connectivity index (χ0) is 12.2. The molecule has 0 amide bonds. The minimum Gasteiger partial charge on any atom is -0.344 e. The fourth-order valence-electron chi connectivity index (χ4n) is 1.58. The van der Waals surface area contributed by atoms with Crippen molar-refractivity contribution >= 4 is 5.95 Å². The van der Waals surface area contributed by atoms with Crippen LogP contribution in [0.25, 0.3) is 0 Å². The number of rotatable bonds is 5. The minimum absolute atomic E-state index is 0.182. The number of aryl methyl sites for hydroxylation is 1. The number of nitrogens with zero attached hydrogens (tertiary/aromatic N) is 3. The maximum atomic E-state index is 4.36. The fraction of sp³-hybridized carbons (Fsp3) is 0.750. The number of hydrogen-bond donors (Lipinski definition) is 1. The zero-order valence-corrected chi connectivity index (χ0v) is 11.1. The molecule has 0 aromatic carbocycles. The monoisotopic (exact) mass is 224 g/mol. The van der Waals surface area contributed by atoms with Gasteiger partial charge in [-0.05, 0) is 27.7 Å². The van der Waals surface area contributed by atoms with Crippen molar-refractivity contribution in [3.05, 3.63) is 12.4 Å². The number of hydrogen-bond acceptors (Lipinski definition) is 3. The first kappa shape index (κ1) is 13.0. The van der Waals surface area contributed by atoms with Gasteiger partial charge in [-0.25, -0.2) is 4.98 Å². The third-order valence-electron chi connectivity index (χ3n) is 2.48. The lowest BCUT2D eigenvalue weighted by Gasteiger charge is -2.24. The highest BCUT2D eigenvalue weighted by molar-refractivity contribution is 5.29. The normalized spacial score (nSPS) is 11.8. The van der Waals surface area contributed by atoms with E-state index in [1.807, 2.05) is 12.4 Å². The van der Waals surface area contributed by atoms with Crippen LogP contribution in [0.3, 0.4) is 0 Å². The molecule has 1 heterocycles. The van der Waals surface area contributed by atoms with Crippen LogP contribution in [0.5, 0.6) is 0 Å². The van der Waals surface area contributed by atoms with Crippen LogP contribution in [0.4, 0.5) is 5.95 Å². The van der Waals surface area contributed by atoms with E-state index in [2.05, 4.69) is 54.5 Å². The Labute approximate surface area is 98.7 Å². The zero-order valence-electron chi connectivity index (χ0n) is 11.1. The molecule has 16 heavy (non-hydrogen) atoms. The van der Waals surface area contributed by atoms with Crippen LogP contribution in [0.1, 0.15) is 27.7 Å². The third-order valence-corrected chi connectivity index (χ3v) is 2.48. The van der Waals surface area contributed by atoms with Crippen molar-refractivity contribution in [1.29, 1.82) is 0 Å². The summed E-state index contributed by atoms with van der Waals surface area (Å²) in [6, 6.07) is 0. The molecule has 0 radical (unpaired) electrons. The summed E-state index contributed by atoms with van der Waals surface area (Å²) in [5.41, 5.74) is 0.182. The van der Waals surface area contributed by atoms with Gasteiger partial charge in [0.05, 0.1) is 0 Å². The first-order chi connectivity index (χ1) is 7.44. The van der Waals surface area contributed by atoms with Crippen LogP contribution in [0, 0.1) is 0 Å². The summed E-state index contributed by atoms with van der Waals surface area (Å²) in [6.45, 7) is 11.6. The van der Waals surface area contributed by atoms with E-state index < -0.39 is 0 Å². The predicted molar refractivity (Wildman–Crippen MR) is 68.9 cm³/mol. The van der Waals surface area contributed by atoms with Gasteiger partial charge < -0.3 is 14.8 Å². The molecule has 0 fully saturated rings. The molecule has 0 aliphatic carbocycles. The third kappa shape index (κ3) is 3.85. The number of aromatic nitrogens is 2. The predicted octanol–water partition coefficient (Wildman–Crippen LogP) is 1.73. The lowest BCUT2D eigenvalue weighted by atomic mass is 10.1. The summed E-state index contributed by atoms with van der Waals surface area (Å²) in [7, 11) is 2.08. The molecule has 1 N–H and O–H groups in total. The molecule has 4 nitrogen and oxygen atoms in total. The fourth-order valence-corrected chi connectivity index (χ4v) is 1.58. The van der Waals surface area contributed by atoms with Crippen LogP contribution in [0.2, 0.25) is 0 Å². The second kappa shape index (κ2) is 5.34. The summed E-state index contributed by atoms with van der Waals surface area (Å²) in [6.07, 6.45) is 3.87. The highest BCUT2D eigenvalue weighted by atomic mass is 15.3. The Hall–Kier alpha value is -1.03. The molecule has 0 spiro atoms. The molecule has 0 bridgehead atoms. The Morgan fingerprint density at radius 2 is 2.12 bits per heavy atom. The Bertz CT molecular complexity index is 311. The summed E-state index contributed by atoms with van der Waals surface area (Å²) >= 11 is 0. The molecule has 92 valence electrons. The van der Waals surface area contributed by atoms with Crippen LogP contribution < -0.4 is 10.2 Å². The van der Waals surface area contributed by atoms with E-state index in [1.165, 1.54) is 0 Å². The maximum absolute atomic E-state index is 4.36. The second-order valence-electron chi connectivity index (χ2n) is 5.11. The average Bonchev–Trinajstić information content (AvgIpc) is 2.63. The van der Waals surface area contributed by atoms with Crippen LogP contribution in [-0.2, 0) is 6.54 Å². The van der Waals surface area contributed by atoms with Crippen LogP contribution >= 0.6 is 0 Å². The van der Waals surface area contributed by atoms with Crippen molar-refractivity contribution in [2.45, 2.75) is 39.8 Å². The summed E-state index contributed by atoms with van der Waals surface area (Å²) in [5, 5.41) is 3.47. The molecular formula is C12H24N4. The Balaban J connectivity index is 2.44. The molecule has 1 aromatic heterocycles. The maximum Gasteiger partial charge on any atom is 0.205 e. The van der Waals surface area contributed by atoms with Crippen molar-refractivity contribution in [2.75, 3.05) is 25.0 Å². The van der Waals surface area contributed by atoms with Gasteiger partial charge in [0.25, 0.3) is 0 Å². The largest absolute Gasteiger partial charge is 0.344 e. The number of imidazole rings is 1. The van der Waals surface area contributed by atoms with Gasteiger partial charge in [-0.2, -0.15) is 0 Å². The van der Waals surface area contributed by atoms with Gasteiger partial charge in [0.2, 0.25) is 5.95 Å². The minimum atomic E-state index is 0.182. The van der Waals surface area contributed by atoms with Gasteiger partial charge in [-0.15, -0.1) is 0 Å². The van der Waals surface area contributed by atoms with E-state index in [1.54, 1.807) is 0 Å². The SMILES string of the molecule is CCn1ccnc1N(C)CCNC(C)(C)C. The molecule has 1 rings (SSSR count). The van der Waals surface area contributed by atoms with Crippen LogP contribution in [0.15, 0.2) is 12.4 Å². The topological polar surface area (TPSA) is 33.1 Å². The van der Waals surface area contributed by atoms with Crippen molar-refractivity contribution < 1.29 is 0 Å². The Morgan fingerprint density at radius 3 is 2.69 bits per heavy atom. The smallest absolute Gasteiger partial charge is 0.205 e. The van der Waals surface area contributed by atoms with Gasteiger partial charge in [-0.3, -0.25) is 0 Å². The highest BCUT2D eigenvalue weighted by Gasteiger charge is 2.10. The molecular weight excluding hydrogens is 200 g/mol. The quantitative estimate of drug-likeness (QED) is 0.827. The lowest BCUT2D eigenvalue weighted by Crippen LogP contribution is -2.41. The van der Waals surface area contributed by atoms with Gasteiger partial charge in [-0.1, -0.05) is 0 Å². The molecule has 0 aliphatic heterocycles. The molecule has 0 saturated carbocycles. The van der Waals surface area contributed by atoms with Gasteiger partial charge in [0.15, 0.2) is 0 Å². The average molecular weight is 224 g/mol. The first-order valence-electron chi connectivity index (χ1n) is 5.91. The van der Waals surface area contributed by atoms with Crippen molar-refractivity contribution in [2.24, 2.45) is 0 Å². The molecule has 4 heteroatoms. The van der Waals surface area contributed by atoms with E-state index in [0.717, 1.165) is 25.6 Å². The first-order valence-corrected chi connectivity index (χ1v) is 5.91. The van der Waals surface area contributed by atoms with E-state index in [9.17, 15) is 0 Å². The van der Waals surface area contributed by atoms with E-state index in [-0.39, 0.29) is 5.54 Å². The standard InChI is InChI=1S/C12H24N4/c1-6-16-10-7-13-11(16)15(5)9-8-14-12(2,3)4/h7,10,14H,6,8-9H2,1-5H3. The van der Waals surface area contributed by atoms with Crippen molar-refractivity contribution in [3.63, 3.8) is 0 Å². The van der Waals surface area contributed by atoms with Gasteiger partial charge in [0.1, 0.15) is 0 Å². The van der Waals surface area contributed by atoms with Gasteiger partial charge in [0, 0.05) is 44.6 Å². The Morgan fingerprint density at radius 1 is 1.44 bits per heavy atom. The number of anilines is 1. The van der Waals surface area contributed by atoms with Crippen LogP contribution in [-0.4, -0.2) is 35.2 Å². The molecule has 0 atom stereocenters. The molecule has 0 saturated heterocycles. The Kier molecular flexibility index (Phi) is 4.35. The summed E-state index contributed by atoms with van der Waals surface area (Å²) in [5.74, 6) is 1.04. The summed E-state index contributed by atoms with van der Waals surface area (Å²) < 4.78 is 2.15. The van der Waals surface area contributed by atoms with Gasteiger partial charge >= 0.3 is 0 Å². The number of nitrogens with one attached hydrogen (secondary N) is 1. The molecule has 0 aliphatic rings.